The highest BCUT2D eigenvalue weighted by Gasteiger charge is 2.22. The van der Waals surface area contributed by atoms with Gasteiger partial charge in [-0.3, -0.25) is 0 Å². The molecule has 1 aromatic heterocycles. The normalized spacial score (nSPS) is 13.9. The van der Waals surface area contributed by atoms with Crippen LogP contribution in [0, 0.1) is 6.92 Å². The second kappa shape index (κ2) is 5.70. The van der Waals surface area contributed by atoms with Crippen LogP contribution in [0.15, 0.2) is 48.5 Å². The van der Waals surface area contributed by atoms with Gasteiger partial charge in [0.05, 0.1) is 0 Å². The number of aromatic nitrogens is 1. The summed E-state index contributed by atoms with van der Waals surface area (Å²) >= 11 is 5.65. The number of hydrogen-bond acceptors (Lipinski definition) is 1. The second-order valence-corrected chi connectivity index (χ2v) is 6.43. The molecule has 0 saturated carbocycles. The van der Waals surface area contributed by atoms with Gasteiger partial charge >= 0.3 is 0 Å². The van der Waals surface area contributed by atoms with Gasteiger partial charge in [-0.2, -0.15) is 0 Å². The van der Waals surface area contributed by atoms with E-state index >= 15 is 0 Å². The Labute approximate surface area is 141 Å². The minimum absolute atomic E-state index is 0.801. The molecule has 0 aliphatic carbocycles. The smallest absolute Gasteiger partial charge is 0.173 e. The van der Waals surface area contributed by atoms with Crippen molar-refractivity contribution < 1.29 is 0 Å². The van der Waals surface area contributed by atoms with E-state index in [0.29, 0.717) is 0 Å². The number of thiocarbonyl (C=S) groups is 1. The van der Waals surface area contributed by atoms with Crippen molar-refractivity contribution in [2.75, 3.05) is 11.9 Å². The first-order valence-corrected chi connectivity index (χ1v) is 8.33. The monoisotopic (exact) mass is 321 g/mol. The fraction of sp³-hybridized carbons (Fsp3) is 0.211. The Morgan fingerprint density at radius 2 is 1.91 bits per heavy atom. The number of aromatic amines is 1. The Morgan fingerprint density at radius 1 is 1.13 bits per heavy atom. The standard InChI is InChI=1S/C19H19N3S/c1-13-6-2-4-8-16(13)21-19(23)22-11-10-18-15(12-22)14-7-3-5-9-17(14)20-18/h2-9,20H,10-12H2,1H3,(H,21,23). The van der Waals surface area contributed by atoms with Crippen LogP contribution >= 0.6 is 12.2 Å². The molecule has 0 fully saturated rings. The van der Waals surface area contributed by atoms with Gasteiger partial charge in [-0.1, -0.05) is 36.4 Å². The molecule has 23 heavy (non-hydrogen) atoms. The summed E-state index contributed by atoms with van der Waals surface area (Å²) in [6.07, 6.45) is 1.000. The summed E-state index contributed by atoms with van der Waals surface area (Å²) in [5.74, 6) is 0. The van der Waals surface area contributed by atoms with Crippen molar-refractivity contribution in [2.45, 2.75) is 19.9 Å². The highest BCUT2D eigenvalue weighted by molar-refractivity contribution is 7.80. The summed E-state index contributed by atoms with van der Waals surface area (Å²) in [5, 5.41) is 5.51. The zero-order chi connectivity index (χ0) is 15.8. The number of aryl methyl sites for hydroxylation is 1. The van der Waals surface area contributed by atoms with Crippen molar-refractivity contribution >= 4 is 33.9 Å². The summed E-state index contributed by atoms with van der Waals surface area (Å²) < 4.78 is 0. The summed E-state index contributed by atoms with van der Waals surface area (Å²) in [7, 11) is 0. The van der Waals surface area contributed by atoms with Crippen LogP contribution in [0.1, 0.15) is 16.8 Å². The van der Waals surface area contributed by atoms with E-state index in [9.17, 15) is 0 Å². The number of hydrogen-bond donors (Lipinski definition) is 2. The molecule has 4 heteroatoms. The first kappa shape index (κ1) is 14.3. The fourth-order valence-electron chi connectivity index (χ4n) is 3.25. The van der Waals surface area contributed by atoms with Crippen LogP contribution in [-0.4, -0.2) is 21.5 Å². The van der Waals surface area contributed by atoms with Crippen molar-refractivity contribution in [1.82, 2.24) is 9.88 Å². The van der Waals surface area contributed by atoms with Gasteiger partial charge in [-0.15, -0.1) is 0 Å². The number of para-hydroxylation sites is 2. The minimum atomic E-state index is 0.801. The maximum Gasteiger partial charge on any atom is 0.173 e. The molecule has 2 aromatic carbocycles. The molecule has 116 valence electrons. The van der Waals surface area contributed by atoms with E-state index in [0.717, 1.165) is 30.3 Å². The van der Waals surface area contributed by atoms with Gasteiger partial charge in [0.2, 0.25) is 0 Å². The Balaban J connectivity index is 1.58. The van der Waals surface area contributed by atoms with E-state index in [2.05, 4.69) is 58.5 Å². The maximum absolute atomic E-state index is 5.65. The lowest BCUT2D eigenvalue weighted by atomic mass is 10.0. The van der Waals surface area contributed by atoms with Crippen LogP contribution in [0.2, 0.25) is 0 Å². The van der Waals surface area contributed by atoms with Crippen LogP contribution in [-0.2, 0) is 13.0 Å². The first-order chi connectivity index (χ1) is 11.2. The van der Waals surface area contributed by atoms with E-state index in [1.807, 2.05) is 12.1 Å². The quantitative estimate of drug-likeness (QED) is 0.658. The number of benzene rings is 2. The zero-order valence-corrected chi connectivity index (χ0v) is 13.9. The first-order valence-electron chi connectivity index (χ1n) is 7.92. The largest absolute Gasteiger partial charge is 0.358 e. The number of fused-ring (bicyclic) bond motifs is 3. The van der Waals surface area contributed by atoms with E-state index in [4.69, 9.17) is 12.2 Å². The van der Waals surface area contributed by atoms with E-state index in [1.54, 1.807) is 0 Å². The topological polar surface area (TPSA) is 31.1 Å². The Morgan fingerprint density at radius 3 is 2.78 bits per heavy atom. The summed E-state index contributed by atoms with van der Waals surface area (Å²) in [5.41, 5.74) is 6.24. The molecule has 3 aromatic rings. The van der Waals surface area contributed by atoms with Crippen molar-refractivity contribution in [3.05, 3.63) is 65.4 Å². The average Bonchev–Trinajstić information content (AvgIpc) is 2.94. The summed E-state index contributed by atoms with van der Waals surface area (Å²) in [4.78, 5) is 5.80. The van der Waals surface area contributed by atoms with Crippen LogP contribution < -0.4 is 5.32 Å². The highest BCUT2D eigenvalue weighted by atomic mass is 32.1. The lowest BCUT2D eigenvalue weighted by Crippen LogP contribution is -2.38. The van der Waals surface area contributed by atoms with Crippen LogP contribution in [0.4, 0.5) is 5.69 Å². The van der Waals surface area contributed by atoms with Gasteiger partial charge < -0.3 is 15.2 Å². The van der Waals surface area contributed by atoms with Crippen LogP contribution in [0.5, 0.6) is 0 Å². The second-order valence-electron chi connectivity index (χ2n) is 6.04. The summed E-state index contributed by atoms with van der Waals surface area (Å²) in [6, 6.07) is 16.7. The fourth-order valence-corrected chi connectivity index (χ4v) is 3.51. The lowest BCUT2D eigenvalue weighted by molar-refractivity contribution is 0.399. The molecule has 0 radical (unpaired) electrons. The maximum atomic E-state index is 5.65. The highest BCUT2D eigenvalue weighted by Crippen LogP contribution is 2.28. The van der Waals surface area contributed by atoms with Crippen molar-refractivity contribution in [3.8, 4) is 0 Å². The van der Waals surface area contributed by atoms with Crippen molar-refractivity contribution in [3.63, 3.8) is 0 Å². The number of nitrogens with zero attached hydrogens (tertiary/aromatic N) is 1. The molecule has 0 atom stereocenters. The molecule has 0 bridgehead atoms. The lowest BCUT2D eigenvalue weighted by Gasteiger charge is -2.30. The van der Waals surface area contributed by atoms with Gasteiger partial charge in [0.1, 0.15) is 0 Å². The molecular weight excluding hydrogens is 302 g/mol. The number of rotatable bonds is 1. The number of nitrogens with one attached hydrogen (secondary N) is 2. The third kappa shape index (κ3) is 2.59. The molecule has 0 spiro atoms. The third-order valence-electron chi connectivity index (χ3n) is 4.56. The van der Waals surface area contributed by atoms with Gasteiger partial charge in [0, 0.05) is 47.4 Å². The molecule has 2 heterocycles. The van der Waals surface area contributed by atoms with E-state index < -0.39 is 0 Å². The van der Waals surface area contributed by atoms with Crippen molar-refractivity contribution in [1.29, 1.82) is 0 Å². The van der Waals surface area contributed by atoms with Gasteiger partial charge in [-0.25, -0.2) is 0 Å². The van der Waals surface area contributed by atoms with Gasteiger partial charge in [-0.05, 0) is 36.8 Å². The summed E-state index contributed by atoms with van der Waals surface area (Å²) in [6.45, 7) is 3.90. The molecule has 4 rings (SSSR count). The third-order valence-corrected chi connectivity index (χ3v) is 4.92. The Kier molecular flexibility index (Phi) is 3.54. The minimum Gasteiger partial charge on any atom is -0.358 e. The zero-order valence-electron chi connectivity index (χ0n) is 13.1. The molecule has 1 aliphatic heterocycles. The molecule has 3 nitrogen and oxygen atoms in total. The predicted octanol–water partition coefficient (Wildman–Crippen LogP) is 4.23. The molecule has 1 aliphatic rings. The molecule has 2 N–H and O–H groups in total. The van der Waals surface area contributed by atoms with Crippen LogP contribution in [0.25, 0.3) is 10.9 Å². The number of anilines is 1. The van der Waals surface area contributed by atoms with Gasteiger partial charge in [0.15, 0.2) is 5.11 Å². The van der Waals surface area contributed by atoms with Gasteiger partial charge in [0.25, 0.3) is 0 Å². The van der Waals surface area contributed by atoms with Crippen molar-refractivity contribution in [2.24, 2.45) is 0 Å². The predicted molar refractivity (Wildman–Crippen MR) is 99.8 cm³/mol. The Bertz CT molecular complexity index is 881. The molecule has 0 amide bonds. The van der Waals surface area contributed by atoms with E-state index in [-0.39, 0.29) is 0 Å². The van der Waals surface area contributed by atoms with E-state index in [1.165, 1.54) is 27.7 Å². The average molecular weight is 321 g/mol. The molecule has 0 unspecified atom stereocenters. The van der Waals surface area contributed by atoms with Crippen LogP contribution in [0.3, 0.4) is 0 Å². The molecule has 0 saturated heterocycles. The molecular formula is C19H19N3S. The Hall–Kier alpha value is -2.33. The number of H-pyrrole nitrogens is 1. The SMILES string of the molecule is Cc1ccccc1NC(=S)N1CCc2[nH]c3ccccc3c2C1.